The summed E-state index contributed by atoms with van der Waals surface area (Å²) in [6, 6.07) is 12.0. The van der Waals surface area contributed by atoms with E-state index in [1.54, 1.807) is 24.3 Å². The van der Waals surface area contributed by atoms with Crippen molar-refractivity contribution in [3.8, 4) is 0 Å². The summed E-state index contributed by atoms with van der Waals surface area (Å²) in [5.74, 6) is -0.211. The molecule has 0 saturated carbocycles. The van der Waals surface area contributed by atoms with Gasteiger partial charge in [0.25, 0.3) is 0 Å². The van der Waals surface area contributed by atoms with E-state index in [0.717, 1.165) is 5.69 Å². The minimum Gasteiger partial charge on any atom is -0.397 e. The molecule has 0 fully saturated rings. The number of hydrogen-bond acceptors (Lipinski definition) is 2. The molecule has 0 unspecified atom stereocenters. The second-order valence-electron chi connectivity index (χ2n) is 4.15. The smallest absolute Gasteiger partial charge is 0.128 e. The molecule has 2 N–H and O–H groups in total. The lowest BCUT2D eigenvalue weighted by Gasteiger charge is -2.21. The summed E-state index contributed by atoms with van der Waals surface area (Å²) < 4.78 is 13.6. The topological polar surface area (TPSA) is 29.3 Å². The Morgan fingerprint density at radius 2 is 1.94 bits per heavy atom. The van der Waals surface area contributed by atoms with Gasteiger partial charge in [-0.15, -0.1) is 0 Å². The van der Waals surface area contributed by atoms with Gasteiger partial charge in [-0.25, -0.2) is 4.39 Å². The highest BCUT2D eigenvalue weighted by Crippen LogP contribution is 2.26. The molecule has 0 radical (unpaired) electrons. The van der Waals surface area contributed by atoms with Gasteiger partial charge < -0.3 is 10.6 Å². The molecule has 0 aliphatic rings. The fourth-order valence-corrected chi connectivity index (χ4v) is 2.02. The number of benzene rings is 2. The number of nitrogens with zero attached hydrogens (tertiary/aromatic N) is 1. The average molecular weight is 265 g/mol. The van der Waals surface area contributed by atoms with Crippen LogP contribution in [0.15, 0.2) is 42.5 Å². The average Bonchev–Trinajstić information content (AvgIpc) is 2.32. The SMILES string of the molecule is CN(Cc1ccccc1F)c1ccc(Cl)cc1N. The lowest BCUT2D eigenvalue weighted by atomic mass is 10.2. The molecule has 0 heterocycles. The summed E-state index contributed by atoms with van der Waals surface area (Å²) >= 11 is 5.85. The van der Waals surface area contributed by atoms with Crippen molar-refractivity contribution in [3.63, 3.8) is 0 Å². The van der Waals surface area contributed by atoms with Crippen molar-refractivity contribution in [2.24, 2.45) is 0 Å². The summed E-state index contributed by atoms with van der Waals surface area (Å²) in [7, 11) is 1.87. The minimum atomic E-state index is -0.211. The summed E-state index contributed by atoms with van der Waals surface area (Å²) in [6.45, 7) is 0.457. The third-order valence-corrected chi connectivity index (χ3v) is 3.00. The van der Waals surface area contributed by atoms with E-state index in [4.69, 9.17) is 17.3 Å². The lowest BCUT2D eigenvalue weighted by molar-refractivity contribution is 0.608. The van der Waals surface area contributed by atoms with Crippen LogP contribution >= 0.6 is 11.6 Å². The molecule has 2 nitrogen and oxygen atoms in total. The number of hydrogen-bond donors (Lipinski definition) is 1. The van der Waals surface area contributed by atoms with Crippen molar-refractivity contribution in [2.75, 3.05) is 17.7 Å². The number of halogens is 2. The molecule has 0 spiro atoms. The van der Waals surface area contributed by atoms with Crippen LogP contribution in [0.5, 0.6) is 0 Å². The molecule has 0 atom stereocenters. The zero-order valence-corrected chi connectivity index (χ0v) is 10.8. The summed E-state index contributed by atoms with van der Waals surface area (Å²) in [5.41, 5.74) is 7.95. The van der Waals surface area contributed by atoms with Crippen molar-refractivity contribution < 1.29 is 4.39 Å². The molecule has 0 aliphatic heterocycles. The van der Waals surface area contributed by atoms with Crippen LogP contribution in [-0.4, -0.2) is 7.05 Å². The van der Waals surface area contributed by atoms with Gasteiger partial charge in [-0.05, 0) is 24.3 Å². The molecule has 18 heavy (non-hydrogen) atoms. The normalized spacial score (nSPS) is 10.4. The van der Waals surface area contributed by atoms with Crippen molar-refractivity contribution in [1.82, 2.24) is 0 Å². The summed E-state index contributed by atoms with van der Waals surface area (Å²) in [4.78, 5) is 1.89. The van der Waals surface area contributed by atoms with Crippen LogP contribution in [0.4, 0.5) is 15.8 Å². The van der Waals surface area contributed by atoms with Gasteiger partial charge in [0.05, 0.1) is 11.4 Å². The van der Waals surface area contributed by atoms with E-state index in [1.807, 2.05) is 24.1 Å². The monoisotopic (exact) mass is 264 g/mol. The predicted octanol–water partition coefficient (Wildman–Crippen LogP) is 3.70. The second kappa shape index (κ2) is 5.27. The first-order chi connectivity index (χ1) is 8.58. The maximum atomic E-state index is 13.6. The van der Waals surface area contributed by atoms with E-state index in [2.05, 4.69) is 0 Å². The molecular formula is C14H14ClFN2. The molecule has 0 amide bonds. The largest absolute Gasteiger partial charge is 0.397 e. The summed E-state index contributed by atoms with van der Waals surface area (Å²) in [5, 5.41) is 0.593. The maximum absolute atomic E-state index is 13.6. The molecule has 0 aliphatic carbocycles. The molecule has 0 bridgehead atoms. The van der Waals surface area contributed by atoms with Crippen LogP contribution in [0.1, 0.15) is 5.56 Å². The van der Waals surface area contributed by atoms with Gasteiger partial charge in [0.1, 0.15) is 5.82 Å². The Labute approximate surface area is 111 Å². The molecule has 2 aromatic carbocycles. The molecule has 2 rings (SSSR count). The standard InChI is InChI=1S/C14H14ClFN2/c1-18(9-10-4-2-3-5-12(10)16)14-7-6-11(15)8-13(14)17/h2-8H,9,17H2,1H3. The van der Waals surface area contributed by atoms with Crippen LogP contribution in [-0.2, 0) is 6.54 Å². The van der Waals surface area contributed by atoms with Gasteiger partial charge in [-0.1, -0.05) is 29.8 Å². The van der Waals surface area contributed by atoms with E-state index >= 15 is 0 Å². The van der Waals surface area contributed by atoms with Crippen LogP contribution in [0.25, 0.3) is 0 Å². The number of anilines is 2. The molecule has 2 aromatic rings. The molecular weight excluding hydrogens is 251 g/mol. The minimum absolute atomic E-state index is 0.211. The van der Waals surface area contributed by atoms with Crippen LogP contribution in [0.3, 0.4) is 0 Å². The zero-order chi connectivity index (χ0) is 13.1. The Morgan fingerprint density at radius 1 is 1.22 bits per heavy atom. The van der Waals surface area contributed by atoms with E-state index < -0.39 is 0 Å². The van der Waals surface area contributed by atoms with Gasteiger partial charge in [0.2, 0.25) is 0 Å². The van der Waals surface area contributed by atoms with Crippen molar-refractivity contribution in [3.05, 3.63) is 58.9 Å². The highest BCUT2D eigenvalue weighted by molar-refractivity contribution is 6.31. The van der Waals surface area contributed by atoms with Crippen molar-refractivity contribution in [2.45, 2.75) is 6.54 Å². The third kappa shape index (κ3) is 2.74. The second-order valence-corrected chi connectivity index (χ2v) is 4.59. The first-order valence-corrected chi connectivity index (χ1v) is 5.95. The lowest BCUT2D eigenvalue weighted by Crippen LogP contribution is -2.18. The first-order valence-electron chi connectivity index (χ1n) is 5.57. The number of rotatable bonds is 3. The Morgan fingerprint density at radius 3 is 2.61 bits per heavy atom. The quantitative estimate of drug-likeness (QED) is 0.857. The van der Waals surface area contributed by atoms with Crippen molar-refractivity contribution >= 4 is 23.0 Å². The van der Waals surface area contributed by atoms with Crippen LogP contribution in [0.2, 0.25) is 5.02 Å². The molecule has 94 valence electrons. The van der Waals surface area contributed by atoms with E-state index in [1.165, 1.54) is 6.07 Å². The number of nitrogens with two attached hydrogens (primary N) is 1. The van der Waals surface area contributed by atoms with Crippen molar-refractivity contribution in [1.29, 1.82) is 0 Å². The predicted molar refractivity (Wildman–Crippen MR) is 74.4 cm³/mol. The number of nitrogen functional groups attached to an aromatic ring is 1. The van der Waals surface area contributed by atoms with Crippen LogP contribution < -0.4 is 10.6 Å². The first kappa shape index (κ1) is 12.7. The van der Waals surface area contributed by atoms with E-state index in [-0.39, 0.29) is 5.82 Å². The van der Waals surface area contributed by atoms with Crippen LogP contribution in [0, 0.1) is 5.82 Å². The highest BCUT2D eigenvalue weighted by Gasteiger charge is 2.08. The Bertz CT molecular complexity index is 557. The van der Waals surface area contributed by atoms with Gasteiger partial charge in [-0.2, -0.15) is 0 Å². The molecule has 0 aromatic heterocycles. The van der Waals surface area contributed by atoms with E-state index in [0.29, 0.717) is 22.8 Å². The van der Waals surface area contributed by atoms with E-state index in [9.17, 15) is 4.39 Å². The highest BCUT2D eigenvalue weighted by atomic mass is 35.5. The fraction of sp³-hybridized carbons (Fsp3) is 0.143. The van der Waals surface area contributed by atoms with Gasteiger partial charge in [0, 0.05) is 24.2 Å². The molecule has 4 heteroatoms. The molecule has 0 saturated heterocycles. The van der Waals surface area contributed by atoms with Gasteiger partial charge in [-0.3, -0.25) is 0 Å². The maximum Gasteiger partial charge on any atom is 0.128 e. The Balaban J connectivity index is 2.22. The van der Waals surface area contributed by atoms with Gasteiger partial charge >= 0.3 is 0 Å². The Kier molecular flexibility index (Phi) is 3.72. The summed E-state index contributed by atoms with van der Waals surface area (Å²) in [6.07, 6.45) is 0. The Hall–Kier alpha value is -1.74. The van der Waals surface area contributed by atoms with Gasteiger partial charge in [0.15, 0.2) is 0 Å². The zero-order valence-electron chi connectivity index (χ0n) is 10.0. The third-order valence-electron chi connectivity index (χ3n) is 2.77. The fourth-order valence-electron chi connectivity index (χ4n) is 1.84.